The molecule has 2 aromatic rings. The maximum atomic E-state index is 13.2. The molecule has 2 aliphatic rings. The van der Waals surface area contributed by atoms with Crippen LogP contribution in [-0.4, -0.2) is 55.9 Å². The van der Waals surface area contributed by atoms with E-state index in [-0.39, 0.29) is 5.75 Å². The van der Waals surface area contributed by atoms with Gasteiger partial charge in [-0.3, -0.25) is 23.7 Å². The summed E-state index contributed by atoms with van der Waals surface area (Å²) < 4.78 is 39.0. The molecule has 2 aliphatic heterocycles. The van der Waals surface area contributed by atoms with Crippen molar-refractivity contribution >= 4 is 39.1 Å². The van der Waals surface area contributed by atoms with Crippen LogP contribution >= 0.6 is 0 Å². The third kappa shape index (κ3) is 3.64. The van der Waals surface area contributed by atoms with Gasteiger partial charge in [0.15, 0.2) is 5.78 Å². The molecule has 0 N–H and O–H groups in total. The van der Waals surface area contributed by atoms with Gasteiger partial charge in [0, 0.05) is 17.8 Å². The molecule has 32 heavy (non-hydrogen) atoms. The predicted molar refractivity (Wildman–Crippen MR) is 117 cm³/mol. The summed E-state index contributed by atoms with van der Waals surface area (Å²) in [6.07, 6.45) is 0.479. The highest BCUT2D eigenvalue weighted by molar-refractivity contribution is 7.92. The molecule has 1 saturated heterocycles. The zero-order valence-corrected chi connectivity index (χ0v) is 18.4. The number of benzene rings is 2. The number of amides is 3. The first-order valence-corrected chi connectivity index (χ1v) is 11.8. The van der Waals surface area contributed by atoms with E-state index in [2.05, 4.69) is 0 Å². The van der Waals surface area contributed by atoms with Crippen molar-refractivity contribution in [2.24, 2.45) is 0 Å². The van der Waals surface area contributed by atoms with Gasteiger partial charge < -0.3 is 0 Å². The molecule has 1 atom stereocenters. The van der Waals surface area contributed by atoms with Crippen molar-refractivity contribution in [1.82, 2.24) is 4.90 Å². The maximum Gasteiger partial charge on any atom is 0.332 e. The summed E-state index contributed by atoms with van der Waals surface area (Å²) >= 11 is 0. The Hall–Kier alpha value is -3.27. The lowest BCUT2D eigenvalue weighted by molar-refractivity contribution is -0.126. The van der Waals surface area contributed by atoms with Crippen molar-refractivity contribution < 1.29 is 27.2 Å². The normalized spacial score (nSPS) is 18.5. The van der Waals surface area contributed by atoms with Crippen LogP contribution in [-0.2, 0) is 21.2 Å². The fourth-order valence-corrected chi connectivity index (χ4v) is 5.19. The summed E-state index contributed by atoms with van der Waals surface area (Å²) in [5.41, 5.74) is 1.94. The summed E-state index contributed by atoms with van der Waals surface area (Å²) in [7, 11) is -3.40. The number of ketones is 1. The second-order valence-corrected chi connectivity index (χ2v) is 9.90. The van der Waals surface area contributed by atoms with Gasteiger partial charge in [-0.1, -0.05) is 0 Å². The molecule has 168 valence electrons. The van der Waals surface area contributed by atoms with Crippen LogP contribution in [0.4, 0.5) is 20.6 Å². The standard InChI is InChI=1S/C22H22FN3O5S/c1-3-32(30,31)25-11-10-15-12-16(4-9-19(15)25)20(27)13-24-21(28)14(2)26(22(24)29)18-7-5-17(23)6-8-18/h4-9,12,14H,3,10-11,13H2,1-2H3. The summed E-state index contributed by atoms with van der Waals surface area (Å²) in [6.45, 7) is 3.00. The molecule has 1 unspecified atom stereocenters. The van der Waals surface area contributed by atoms with Crippen molar-refractivity contribution in [3.05, 3.63) is 59.4 Å². The quantitative estimate of drug-likeness (QED) is 0.489. The van der Waals surface area contributed by atoms with Crippen molar-refractivity contribution in [2.75, 3.05) is 28.0 Å². The SMILES string of the molecule is CCS(=O)(=O)N1CCc2cc(C(=O)CN3C(=O)C(C)N(c4ccc(F)cc4)C3=O)ccc21. The molecule has 4 rings (SSSR count). The van der Waals surface area contributed by atoms with Gasteiger partial charge in [-0.15, -0.1) is 0 Å². The minimum Gasteiger partial charge on any atom is -0.292 e. The molecule has 0 aromatic heterocycles. The Morgan fingerprint density at radius 1 is 1.12 bits per heavy atom. The molecule has 1 fully saturated rings. The first-order valence-electron chi connectivity index (χ1n) is 10.2. The number of hydrogen-bond donors (Lipinski definition) is 0. The molecule has 3 amide bonds. The number of anilines is 2. The third-order valence-electron chi connectivity index (χ3n) is 5.81. The highest BCUT2D eigenvalue weighted by Crippen LogP contribution is 2.32. The molecule has 0 bridgehead atoms. The van der Waals surface area contributed by atoms with Gasteiger partial charge in [0.2, 0.25) is 10.0 Å². The highest BCUT2D eigenvalue weighted by Gasteiger charge is 2.44. The van der Waals surface area contributed by atoms with E-state index in [1.54, 1.807) is 26.0 Å². The van der Waals surface area contributed by atoms with Gasteiger partial charge >= 0.3 is 6.03 Å². The van der Waals surface area contributed by atoms with E-state index in [9.17, 15) is 27.2 Å². The monoisotopic (exact) mass is 459 g/mol. The lowest BCUT2D eigenvalue weighted by Gasteiger charge is -2.19. The van der Waals surface area contributed by atoms with Crippen LogP contribution in [0.25, 0.3) is 0 Å². The number of imide groups is 1. The van der Waals surface area contributed by atoms with Crippen LogP contribution in [0.5, 0.6) is 0 Å². The topological polar surface area (TPSA) is 95.1 Å². The van der Waals surface area contributed by atoms with Gasteiger partial charge in [0.25, 0.3) is 5.91 Å². The first-order chi connectivity index (χ1) is 15.1. The first kappa shape index (κ1) is 21.9. The number of fused-ring (bicyclic) bond motifs is 1. The molecular weight excluding hydrogens is 437 g/mol. The molecule has 2 aromatic carbocycles. The van der Waals surface area contributed by atoms with Crippen molar-refractivity contribution in [3.63, 3.8) is 0 Å². The number of halogens is 1. The zero-order valence-electron chi connectivity index (χ0n) is 17.6. The van der Waals surface area contributed by atoms with Crippen molar-refractivity contribution in [3.8, 4) is 0 Å². The Kier molecular flexibility index (Phi) is 5.49. The van der Waals surface area contributed by atoms with Gasteiger partial charge in [-0.25, -0.2) is 17.6 Å². The number of rotatable bonds is 6. The Labute approximate surface area is 185 Å². The number of carbonyl (C=O) groups excluding carboxylic acids is 3. The van der Waals surface area contributed by atoms with E-state index in [1.807, 2.05) is 0 Å². The van der Waals surface area contributed by atoms with Gasteiger partial charge in [0.05, 0.1) is 18.0 Å². The van der Waals surface area contributed by atoms with Crippen LogP contribution < -0.4 is 9.21 Å². The molecule has 2 heterocycles. The van der Waals surface area contributed by atoms with Crippen LogP contribution in [0.2, 0.25) is 0 Å². The van der Waals surface area contributed by atoms with E-state index < -0.39 is 46.1 Å². The number of carbonyl (C=O) groups is 3. The van der Waals surface area contributed by atoms with Gasteiger partial charge in [0.1, 0.15) is 11.9 Å². The Morgan fingerprint density at radius 3 is 2.47 bits per heavy atom. The number of nitrogens with zero attached hydrogens (tertiary/aromatic N) is 3. The molecule has 8 nitrogen and oxygen atoms in total. The summed E-state index contributed by atoms with van der Waals surface area (Å²) in [5.74, 6) is -1.43. The Bertz CT molecular complexity index is 1210. The van der Waals surface area contributed by atoms with Crippen LogP contribution in [0, 0.1) is 5.82 Å². The Morgan fingerprint density at radius 2 is 1.81 bits per heavy atom. The summed E-state index contributed by atoms with van der Waals surface area (Å²) in [5, 5.41) is 0. The lowest BCUT2D eigenvalue weighted by Crippen LogP contribution is -2.37. The zero-order chi connectivity index (χ0) is 23.2. The number of urea groups is 1. The van der Waals surface area contributed by atoms with E-state index in [4.69, 9.17) is 0 Å². The average molecular weight is 459 g/mol. The summed E-state index contributed by atoms with van der Waals surface area (Å²) in [4.78, 5) is 40.5. The number of sulfonamides is 1. The second-order valence-electron chi connectivity index (χ2n) is 7.72. The molecule has 10 heteroatoms. The Balaban J connectivity index is 1.54. The minimum atomic E-state index is -3.40. The second kappa shape index (κ2) is 8.01. The molecule has 0 aliphatic carbocycles. The number of hydrogen-bond acceptors (Lipinski definition) is 5. The lowest BCUT2D eigenvalue weighted by atomic mass is 10.0. The van der Waals surface area contributed by atoms with E-state index >= 15 is 0 Å². The number of Topliss-reactive ketones (excluding diaryl/α,β-unsaturated/α-hetero) is 1. The van der Waals surface area contributed by atoms with E-state index in [1.165, 1.54) is 39.5 Å². The smallest absolute Gasteiger partial charge is 0.292 e. The van der Waals surface area contributed by atoms with Crippen LogP contribution in [0.15, 0.2) is 42.5 Å². The maximum absolute atomic E-state index is 13.2. The van der Waals surface area contributed by atoms with E-state index in [0.717, 1.165) is 10.5 Å². The molecular formula is C22H22FN3O5S. The van der Waals surface area contributed by atoms with Gasteiger partial charge in [-0.2, -0.15) is 0 Å². The molecule has 0 spiro atoms. The molecule has 0 saturated carbocycles. The van der Waals surface area contributed by atoms with Crippen molar-refractivity contribution in [1.29, 1.82) is 0 Å². The predicted octanol–water partition coefficient (Wildman–Crippen LogP) is 2.58. The van der Waals surface area contributed by atoms with Crippen LogP contribution in [0.3, 0.4) is 0 Å². The third-order valence-corrected chi connectivity index (χ3v) is 7.59. The fraction of sp³-hybridized carbons (Fsp3) is 0.318. The van der Waals surface area contributed by atoms with Crippen LogP contribution in [0.1, 0.15) is 29.8 Å². The largest absolute Gasteiger partial charge is 0.332 e. The fourth-order valence-electron chi connectivity index (χ4n) is 4.03. The van der Waals surface area contributed by atoms with Crippen molar-refractivity contribution in [2.45, 2.75) is 26.3 Å². The van der Waals surface area contributed by atoms with E-state index in [0.29, 0.717) is 29.9 Å². The average Bonchev–Trinajstić information content (AvgIpc) is 3.29. The molecule has 0 radical (unpaired) electrons. The van der Waals surface area contributed by atoms with Gasteiger partial charge in [-0.05, 0) is 68.3 Å². The summed E-state index contributed by atoms with van der Waals surface area (Å²) in [6, 6.07) is 8.44. The minimum absolute atomic E-state index is 0.0188. The highest BCUT2D eigenvalue weighted by atomic mass is 32.2.